The van der Waals surface area contributed by atoms with Crippen molar-refractivity contribution >= 4 is 11.9 Å². The van der Waals surface area contributed by atoms with Crippen LogP contribution >= 0.6 is 0 Å². The Morgan fingerprint density at radius 2 is 1.79 bits per heavy atom. The molecule has 0 spiro atoms. The molecule has 2 aliphatic heterocycles. The Balaban J connectivity index is 1.62. The molecule has 4 rings (SSSR count). The first-order valence-electron chi connectivity index (χ1n) is 9.89. The predicted molar refractivity (Wildman–Crippen MR) is 110 cm³/mol. The zero-order chi connectivity index (χ0) is 23.9. The summed E-state index contributed by atoms with van der Waals surface area (Å²) < 4.78 is 22.0. The van der Waals surface area contributed by atoms with Crippen LogP contribution < -0.4 is 14.2 Å². The number of aliphatic hydroxyl groups excluding tert-OH is 4. The Labute approximate surface area is 187 Å². The Morgan fingerprint density at radius 1 is 1.03 bits per heavy atom. The second-order valence-corrected chi connectivity index (χ2v) is 7.48. The van der Waals surface area contributed by atoms with Crippen molar-refractivity contribution in [3.8, 4) is 28.7 Å². The molecule has 0 radical (unpaired) electrons. The van der Waals surface area contributed by atoms with E-state index in [1.165, 1.54) is 43.5 Å². The van der Waals surface area contributed by atoms with Gasteiger partial charge in [0.05, 0.1) is 19.3 Å². The highest BCUT2D eigenvalue weighted by molar-refractivity contribution is 6.15. The Hall–Kier alpha value is -3.35. The van der Waals surface area contributed by atoms with E-state index in [9.17, 15) is 35.4 Å². The number of phenols is 2. The smallest absolute Gasteiger partial charge is 0.232 e. The van der Waals surface area contributed by atoms with Gasteiger partial charge in [-0.1, -0.05) is 6.07 Å². The summed E-state index contributed by atoms with van der Waals surface area (Å²) in [5.74, 6) is -1.14. The normalized spacial score (nSPS) is 27.8. The van der Waals surface area contributed by atoms with Crippen LogP contribution in [-0.2, 0) is 4.74 Å². The number of ketones is 1. The Morgan fingerprint density at radius 3 is 2.45 bits per heavy atom. The summed E-state index contributed by atoms with van der Waals surface area (Å²) in [5, 5.41) is 58.5. The monoisotopic (exact) mass is 462 g/mol. The first-order chi connectivity index (χ1) is 15.7. The number of rotatable bonds is 5. The van der Waals surface area contributed by atoms with Gasteiger partial charge in [0.2, 0.25) is 17.8 Å². The molecule has 0 bridgehead atoms. The van der Waals surface area contributed by atoms with E-state index in [4.69, 9.17) is 18.9 Å². The molecule has 0 amide bonds. The number of phenolic OH excluding ortho intramolecular Hbond substituents is 2. The molecule has 0 unspecified atom stereocenters. The molecule has 11 nitrogen and oxygen atoms in total. The molecule has 1 saturated heterocycles. The topological polar surface area (TPSA) is 175 Å². The van der Waals surface area contributed by atoms with E-state index in [2.05, 4.69) is 0 Å². The van der Waals surface area contributed by atoms with E-state index >= 15 is 0 Å². The third-order valence-electron chi connectivity index (χ3n) is 5.35. The summed E-state index contributed by atoms with van der Waals surface area (Å²) in [6.45, 7) is -0.620. The minimum atomic E-state index is -1.64. The number of methoxy groups -OCH3 is 1. The summed E-state index contributed by atoms with van der Waals surface area (Å²) in [6.07, 6.45) is -6.06. The van der Waals surface area contributed by atoms with Crippen molar-refractivity contribution in [1.82, 2.24) is 0 Å². The van der Waals surface area contributed by atoms with Crippen molar-refractivity contribution < 1.29 is 54.4 Å². The van der Waals surface area contributed by atoms with Crippen LogP contribution in [0.2, 0.25) is 0 Å². The Bertz CT molecular complexity index is 1090. The zero-order valence-corrected chi connectivity index (χ0v) is 17.3. The molecule has 1 fully saturated rings. The van der Waals surface area contributed by atoms with Crippen molar-refractivity contribution in [1.29, 1.82) is 0 Å². The number of benzene rings is 2. The van der Waals surface area contributed by atoms with Crippen molar-refractivity contribution in [3.05, 3.63) is 47.2 Å². The van der Waals surface area contributed by atoms with Gasteiger partial charge in [-0.2, -0.15) is 0 Å². The van der Waals surface area contributed by atoms with Gasteiger partial charge in [0.15, 0.2) is 28.8 Å². The van der Waals surface area contributed by atoms with E-state index in [0.29, 0.717) is 5.56 Å². The van der Waals surface area contributed by atoms with Gasteiger partial charge in [-0.25, -0.2) is 0 Å². The van der Waals surface area contributed by atoms with E-state index in [1.54, 1.807) is 0 Å². The fourth-order valence-electron chi connectivity index (χ4n) is 3.57. The summed E-state index contributed by atoms with van der Waals surface area (Å²) in [7, 11) is 1.31. The summed E-state index contributed by atoms with van der Waals surface area (Å²) in [6, 6.07) is 6.80. The highest BCUT2D eigenvalue weighted by Crippen LogP contribution is 2.46. The first-order valence-corrected chi connectivity index (χ1v) is 9.89. The standard InChI is InChI=1S/C22H22O11/c1-30-21-13(32-22-19(29)18(28)17(27)15(8-23)33-22)5-3-10-16(26)14(31-20(10)21)7-9-2-4-11(24)12(25)6-9/h2-7,15,17-19,22-25,27-29H,8H2,1H3/b14-7-/t15-,17-,18+,19-,22-/m1/s1. The molecule has 176 valence electrons. The average Bonchev–Trinajstić information content (AvgIpc) is 3.11. The molecule has 33 heavy (non-hydrogen) atoms. The van der Waals surface area contributed by atoms with Gasteiger partial charge >= 0.3 is 0 Å². The lowest BCUT2D eigenvalue weighted by Crippen LogP contribution is -2.60. The fraction of sp³-hybridized carbons (Fsp3) is 0.318. The van der Waals surface area contributed by atoms with Gasteiger partial charge in [0.25, 0.3) is 0 Å². The van der Waals surface area contributed by atoms with Crippen molar-refractivity contribution in [2.45, 2.75) is 30.7 Å². The maximum atomic E-state index is 12.8. The maximum Gasteiger partial charge on any atom is 0.232 e. The number of hydrogen-bond donors (Lipinski definition) is 6. The van der Waals surface area contributed by atoms with Crippen LogP contribution in [0.15, 0.2) is 36.1 Å². The number of ether oxygens (including phenoxy) is 4. The third-order valence-corrected chi connectivity index (χ3v) is 5.35. The first kappa shape index (κ1) is 22.8. The number of carbonyl (C=O) groups is 1. The lowest BCUT2D eigenvalue weighted by atomic mass is 9.99. The van der Waals surface area contributed by atoms with Gasteiger partial charge in [0, 0.05) is 0 Å². The van der Waals surface area contributed by atoms with Crippen LogP contribution in [-0.4, -0.2) is 80.8 Å². The molecular formula is C22H22O11. The highest BCUT2D eigenvalue weighted by Gasteiger charge is 2.45. The average molecular weight is 462 g/mol. The predicted octanol–water partition coefficient (Wildman–Crippen LogP) is -0.0987. The van der Waals surface area contributed by atoms with Crippen LogP contribution in [0.5, 0.6) is 28.7 Å². The zero-order valence-electron chi connectivity index (χ0n) is 17.3. The van der Waals surface area contributed by atoms with Crippen molar-refractivity contribution in [2.24, 2.45) is 0 Å². The quantitative estimate of drug-likeness (QED) is 0.258. The molecule has 0 saturated carbocycles. The molecule has 2 aromatic carbocycles. The van der Waals surface area contributed by atoms with Crippen molar-refractivity contribution in [2.75, 3.05) is 13.7 Å². The lowest BCUT2D eigenvalue weighted by molar-refractivity contribution is -0.277. The van der Waals surface area contributed by atoms with Crippen LogP contribution in [0, 0.1) is 0 Å². The minimum absolute atomic E-state index is 0.00904. The van der Waals surface area contributed by atoms with Gasteiger partial charge in [-0.15, -0.1) is 0 Å². The van der Waals surface area contributed by atoms with Crippen LogP contribution in [0.25, 0.3) is 6.08 Å². The highest BCUT2D eigenvalue weighted by atomic mass is 16.7. The molecular weight excluding hydrogens is 440 g/mol. The number of hydrogen-bond acceptors (Lipinski definition) is 11. The fourth-order valence-corrected chi connectivity index (χ4v) is 3.57. The molecule has 11 heteroatoms. The van der Waals surface area contributed by atoms with Gasteiger partial charge in [0.1, 0.15) is 24.4 Å². The summed E-state index contributed by atoms with van der Waals surface area (Å²) in [5.41, 5.74) is 0.570. The second kappa shape index (κ2) is 8.89. The molecule has 6 N–H and O–H groups in total. The van der Waals surface area contributed by atoms with Crippen LogP contribution in [0.4, 0.5) is 0 Å². The maximum absolute atomic E-state index is 12.8. The summed E-state index contributed by atoms with van der Waals surface area (Å²) >= 11 is 0. The van der Waals surface area contributed by atoms with Gasteiger partial charge in [-0.05, 0) is 35.9 Å². The number of Topliss-reactive ketones (excluding diaryl/α,β-unsaturated/α-hetero) is 1. The second-order valence-electron chi connectivity index (χ2n) is 7.48. The van der Waals surface area contributed by atoms with E-state index < -0.39 is 43.1 Å². The van der Waals surface area contributed by atoms with Crippen molar-refractivity contribution in [3.63, 3.8) is 0 Å². The molecule has 2 aromatic rings. The van der Waals surface area contributed by atoms with Crippen LogP contribution in [0.1, 0.15) is 15.9 Å². The summed E-state index contributed by atoms with van der Waals surface area (Å²) in [4.78, 5) is 12.8. The SMILES string of the molecule is COc1c(O[C@@H]2O[C@H](CO)[C@@H](O)[C@H](O)[C@H]2O)ccc2c1O/C(=C\c1ccc(O)c(O)c1)C2=O. The number of aliphatic hydroxyl groups is 4. The largest absolute Gasteiger partial charge is 0.504 e. The number of aromatic hydroxyl groups is 2. The molecule has 5 atom stereocenters. The van der Waals surface area contributed by atoms with E-state index in [1.807, 2.05) is 0 Å². The van der Waals surface area contributed by atoms with E-state index in [0.717, 1.165) is 0 Å². The van der Waals surface area contributed by atoms with Crippen LogP contribution in [0.3, 0.4) is 0 Å². The number of carbonyl (C=O) groups excluding carboxylic acids is 1. The molecule has 2 aliphatic rings. The number of allylic oxidation sites excluding steroid dienone is 1. The molecule has 0 aliphatic carbocycles. The third kappa shape index (κ3) is 4.08. The van der Waals surface area contributed by atoms with E-state index in [-0.39, 0.29) is 40.1 Å². The number of fused-ring (bicyclic) bond motifs is 1. The minimum Gasteiger partial charge on any atom is -0.504 e. The Kier molecular flexibility index (Phi) is 6.15. The van der Waals surface area contributed by atoms with Gasteiger partial charge < -0.3 is 49.6 Å². The lowest BCUT2D eigenvalue weighted by Gasteiger charge is -2.39. The molecule has 2 heterocycles. The molecule has 0 aromatic heterocycles. The van der Waals surface area contributed by atoms with Gasteiger partial charge in [-0.3, -0.25) is 4.79 Å².